The predicted molar refractivity (Wildman–Crippen MR) is 178 cm³/mol. The molecule has 0 heterocycles. The zero-order valence-electron chi connectivity index (χ0n) is 25.2. The van der Waals surface area contributed by atoms with Gasteiger partial charge in [0.1, 0.15) is 0 Å². The van der Waals surface area contributed by atoms with E-state index in [2.05, 4.69) is 148 Å². The molecule has 6 rings (SSSR count). The van der Waals surface area contributed by atoms with Crippen molar-refractivity contribution in [2.24, 2.45) is 0 Å². The third kappa shape index (κ3) is 4.09. The summed E-state index contributed by atoms with van der Waals surface area (Å²) in [6, 6.07) is 36.1. The monoisotopic (exact) mass is 618 g/mol. The Morgan fingerprint density at radius 3 is 1.25 bits per heavy atom. The molecule has 2 aliphatic carbocycles. The Balaban J connectivity index is 1.63. The summed E-state index contributed by atoms with van der Waals surface area (Å²) in [5.41, 5.74) is 14.6. The van der Waals surface area contributed by atoms with E-state index in [0.717, 1.165) is 12.8 Å². The van der Waals surface area contributed by atoms with E-state index in [1.165, 1.54) is 33.4 Å². The molecule has 0 radical (unpaired) electrons. The molecule has 0 N–H and O–H groups in total. The van der Waals surface area contributed by atoms with Gasteiger partial charge in [0, 0.05) is 0 Å². The van der Waals surface area contributed by atoms with E-state index in [1.54, 1.807) is 22.3 Å². The van der Waals surface area contributed by atoms with Crippen LogP contribution in [0.3, 0.4) is 0 Å². The first-order valence-corrected chi connectivity index (χ1v) is 33.8. The molecule has 0 nitrogen and oxygen atoms in total. The van der Waals surface area contributed by atoms with Crippen molar-refractivity contribution in [3.8, 4) is 22.3 Å². The number of rotatable bonds is 6. The van der Waals surface area contributed by atoms with Crippen molar-refractivity contribution in [3.05, 3.63) is 130 Å². The van der Waals surface area contributed by atoms with Crippen LogP contribution in [0.5, 0.6) is 0 Å². The Hall–Kier alpha value is -2.54. The zero-order chi connectivity index (χ0) is 28.4. The van der Waals surface area contributed by atoms with Crippen LogP contribution in [-0.4, -0.2) is 6.88 Å². The molecule has 0 amide bonds. The summed E-state index contributed by atoms with van der Waals surface area (Å²) in [5.74, 6) is 0. The number of allylic oxidation sites excluding steroid dienone is 2. The third-order valence-corrected chi connectivity index (χ3v) is 33.5. The minimum atomic E-state index is -4.78. The second kappa shape index (κ2) is 8.27. The molecule has 0 spiro atoms. The Labute approximate surface area is 237 Å². The second-order valence-electron chi connectivity index (χ2n) is 16.7. The molecule has 204 valence electrons. The van der Waals surface area contributed by atoms with Crippen molar-refractivity contribution >= 4 is 19.0 Å². The van der Waals surface area contributed by atoms with Crippen molar-refractivity contribution in [1.29, 1.82) is 0 Å². The maximum atomic E-state index is 2.78. The quantitative estimate of drug-likeness (QED) is 0.188. The van der Waals surface area contributed by atoms with Crippen LogP contribution in [-0.2, 0) is 14.4 Å². The normalized spacial score (nSPS) is 20.8. The first kappa shape index (κ1) is 27.6. The summed E-state index contributed by atoms with van der Waals surface area (Å²) in [4.78, 5) is 0. The van der Waals surface area contributed by atoms with Crippen molar-refractivity contribution < 1.29 is 14.4 Å². The van der Waals surface area contributed by atoms with Crippen molar-refractivity contribution in [3.63, 3.8) is 0 Å². The minimum absolute atomic E-state index is 0.435. The molecule has 0 saturated heterocycles. The summed E-state index contributed by atoms with van der Waals surface area (Å²) in [5, 5.41) is 0. The maximum absolute atomic E-state index is 4.78. The molecule has 0 fully saturated rings. The number of hydrogen-bond donors (Lipinski definition) is 0. The SMILES string of the molecule is CCC1=Cc2c(-c3ccccc3)cccc2[CH]1[Zr]([CH3])([CH3])([CH3])([CH3])(=[SiH2])[CH]1C(CC)=Cc2c(-c3ccccc3)cccc21. The van der Waals surface area contributed by atoms with Crippen LogP contribution >= 0.6 is 0 Å². The predicted octanol–water partition coefficient (Wildman–Crippen LogP) is 10.9. The van der Waals surface area contributed by atoms with Crippen molar-refractivity contribution in [2.45, 2.75) is 52.5 Å². The molecule has 0 bridgehead atoms. The average Bonchev–Trinajstić information content (AvgIpc) is 3.54. The fourth-order valence-corrected chi connectivity index (χ4v) is 35.9. The molecule has 2 aliphatic rings. The van der Waals surface area contributed by atoms with Crippen molar-refractivity contribution in [2.75, 3.05) is 0 Å². The van der Waals surface area contributed by atoms with Crippen LogP contribution in [0.25, 0.3) is 34.4 Å². The number of benzene rings is 4. The summed E-state index contributed by atoms with van der Waals surface area (Å²) in [6.07, 6.45) is 7.32. The van der Waals surface area contributed by atoms with E-state index < -0.39 is 14.4 Å². The van der Waals surface area contributed by atoms with Crippen LogP contribution < -0.4 is 0 Å². The number of hydrogen-bond acceptors (Lipinski definition) is 0. The molecule has 0 aromatic heterocycles. The van der Waals surface area contributed by atoms with Crippen LogP contribution in [0.2, 0.25) is 18.5 Å². The van der Waals surface area contributed by atoms with Gasteiger partial charge < -0.3 is 0 Å². The van der Waals surface area contributed by atoms with Gasteiger partial charge in [-0.2, -0.15) is 0 Å². The van der Waals surface area contributed by atoms with E-state index in [1.807, 2.05) is 0 Å². The van der Waals surface area contributed by atoms with Gasteiger partial charge in [0.2, 0.25) is 0 Å². The van der Waals surface area contributed by atoms with Crippen LogP contribution in [0.4, 0.5) is 0 Å². The Morgan fingerprint density at radius 2 is 0.900 bits per heavy atom. The van der Waals surface area contributed by atoms with Gasteiger partial charge in [-0.1, -0.05) is 0 Å². The van der Waals surface area contributed by atoms with Gasteiger partial charge in [-0.15, -0.1) is 0 Å². The number of fused-ring (bicyclic) bond motifs is 2. The van der Waals surface area contributed by atoms with Crippen LogP contribution in [0, 0.1) is 0 Å². The van der Waals surface area contributed by atoms with Gasteiger partial charge in [-0.3, -0.25) is 0 Å². The van der Waals surface area contributed by atoms with Crippen molar-refractivity contribution in [1.82, 2.24) is 0 Å². The van der Waals surface area contributed by atoms with Gasteiger partial charge in [0.15, 0.2) is 0 Å². The van der Waals surface area contributed by atoms with E-state index in [0.29, 0.717) is 7.25 Å². The first-order chi connectivity index (χ1) is 18.8. The van der Waals surface area contributed by atoms with Gasteiger partial charge in [-0.25, -0.2) is 0 Å². The molecular formula is C38H44SiZr. The Morgan fingerprint density at radius 1 is 0.525 bits per heavy atom. The molecular weight excluding hydrogens is 576 g/mol. The van der Waals surface area contributed by atoms with E-state index in [9.17, 15) is 0 Å². The molecule has 40 heavy (non-hydrogen) atoms. The van der Waals surface area contributed by atoms with E-state index >= 15 is 0 Å². The first-order valence-electron chi connectivity index (χ1n) is 15.2. The van der Waals surface area contributed by atoms with Crippen LogP contribution in [0.1, 0.15) is 56.2 Å². The molecule has 2 unspecified atom stereocenters. The molecule has 0 saturated carbocycles. The second-order valence-corrected chi connectivity index (χ2v) is 76.9. The van der Waals surface area contributed by atoms with E-state index in [4.69, 9.17) is 0 Å². The summed E-state index contributed by atoms with van der Waals surface area (Å²) in [6.45, 7) is 7.20. The van der Waals surface area contributed by atoms with E-state index in [-0.39, 0.29) is 0 Å². The average molecular weight is 620 g/mol. The van der Waals surface area contributed by atoms with Gasteiger partial charge in [-0.05, 0) is 0 Å². The molecule has 4 aromatic rings. The topological polar surface area (TPSA) is 0 Å². The van der Waals surface area contributed by atoms with Gasteiger partial charge in [0.05, 0.1) is 0 Å². The van der Waals surface area contributed by atoms with Crippen LogP contribution in [0.15, 0.2) is 108 Å². The Kier molecular flexibility index (Phi) is 5.71. The Bertz CT molecular complexity index is 1710. The summed E-state index contributed by atoms with van der Waals surface area (Å²) >= 11 is -4.78. The molecule has 0 aliphatic heterocycles. The standard InChI is InChI=1S/2C17H15.4CH3.H2Si.Zr/c2*1-2-13-11-15-9-6-10-16(17(15)12-13)14-7-4-3-5-8-14;;;;;;/h2*3-12H,2H2,1H3;4*1H3;1H2;. The molecule has 2 atom stereocenters. The van der Waals surface area contributed by atoms with Gasteiger partial charge >= 0.3 is 239 Å². The fourth-order valence-electron chi connectivity index (χ4n) is 9.05. The van der Waals surface area contributed by atoms with Gasteiger partial charge in [0.25, 0.3) is 0 Å². The fraction of sp³-hybridized carbons (Fsp3) is 0.263. The summed E-state index contributed by atoms with van der Waals surface area (Å²) < 4.78 is 12.0. The third-order valence-electron chi connectivity index (χ3n) is 10.3. The zero-order valence-corrected chi connectivity index (χ0v) is 29.0. The molecule has 4 aromatic carbocycles. The summed E-state index contributed by atoms with van der Waals surface area (Å²) in [7, 11) is 0. The molecule has 2 heteroatoms.